The molecule has 0 heterocycles. The van der Waals surface area contributed by atoms with Crippen LogP contribution in [-0.4, -0.2) is 28.8 Å². The number of nitrogens with zero attached hydrogens (tertiary/aromatic N) is 1. The van der Waals surface area contributed by atoms with Crippen LogP contribution in [0.3, 0.4) is 0 Å². The van der Waals surface area contributed by atoms with Gasteiger partial charge in [0.1, 0.15) is 0 Å². The van der Waals surface area contributed by atoms with Crippen LogP contribution < -0.4 is 11.1 Å². The van der Waals surface area contributed by atoms with Gasteiger partial charge in [0.25, 0.3) is 0 Å². The van der Waals surface area contributed by atoms with E-state index in [1.807, 2.05) is 34.6 Å². The smallest absolute Gasteiger partial charge is 0.189 e. The molecule has 0 saturated heterocycles. The Morgan fingerprint density at radius 1 is 1.27 bits per heavy atom. The van der Waals surface area contributed by atoms with Gasteiger partial charge < -0.3 is 16.2 Å². The van der Waals surface area contributed by atoms with Crippen molar-refractivity contribution in [3.8, 4) is 0 Å². The highest BCUT2D eigenvalue weighted by Gasteiger charge is 2.25. The Balaban J connectivity index is 4.69. The number of rotatable bonds is 4. The highest BCUT2D eigenvalue weighted by atomic mass is 16.3. The number of guanidine groups is 1. The van der Waals surface area contributed by atoms with E-state index in [4.69, 9.17) is 5.73 Å². The molecule has 4 heteroatoms. The molecule has 0 amide bonds. The lowest BCUT2D eigenvalue weighted by Gasteiger charge is -2.28. The summed E-state index contributed by atoms with van der Waals surface area (Å²) in [4.78, 5) is 4.38. The molecule has 0 aliphatic heterocycles. The van der Waals surface area contributed by atoms with Gasteiger partial charge in [-0.25, -0.2) is 4.99 Å². The van der Waals surface area contributed by atoms with E-state index in [-0.39, 0.29) is 12.1 Å². The summed E-state index contributed by atoms with van der Waals surface area (Å²) in [6.45, 7) is 10.1. The van der Waals surface area contributed by atoms with E-state index in [9.17, 15) is 5.11 Å². The molecule has 0 bridgehead atoms. The van der Waals surface area contributed by atoms with E-state index < -0.39 is 5.54 Å². The summed E-state index contributed by atoms with van der Waals surface area (Å²) in [6, 6.07) is 0. The average molecular weight is 215 g/mol. The summed E-state index contributed by atoms with van der Waals surface area (Å²) in [5.74, 6) is 0.403. The summed E-state index contributed by atoms with van der Waals surface area (Å²) in [5.41, 5.74) is 5.27. The molecular formula is C11H25N3O. The normalized spacial score (nSPS) is 14.1. The highest BCUT2D eigenvalue weighted by molar-refractivity contribution is 5.79. The molecule has 0 aliphatic carbocycles. The van der Waals surface area contributed by atoms with E-state index in [1.165, 1.54) is 0 Å². The van der Waals surface area contributed by atoms with Gasteiger partial charge in [-0.2, -0.15) is 0 Å². The molecule has 0 atom stereocenters. The third-order valence-corrected chi connectivity index (χ3v) is 2.47. The van der Waals surface area contributed by atoms with Gasteiger partial charge in [0.2, 0.25) is 0 Å². The van der Waals surface area contributed by atoms with E-state index in [0.717, 1.165) is 12.8 Å². The Labute approximate surface area is 93.0 Å². The Kier molecular flexibility index (Phi) is 5.08. The fourth-order valence-corrected chi connectivity index (χ4v) is 1.33. The lowest BCUT2D eigenvalue weighted by molar-refractivity contribution is 0.188. The molecule has 0 aromatic rings. The number of nitrogens with one attached hydrogen (secondary N) is 1. The second-order valence-electron chi connectivity index (χ2n) is 4.96. The summed E-state index contributed by atoms with van der Waals surface area (Å²) in [7, 11) is 0. The van der Waals surface area contributed by atoms with Gasteiger partial charge >= 0.3 is 0 Å². The largest absolute Gasteiger partial charge is 0.394 e. The Bertz CT molecular complexity index is 206. The molecule has 0 aliphatic rings. The molecule has 0 aromatic heterocycles. The van der Waals surface area contributed by atoms with Crippen molar-refractivity contribution in [1.29, 1.82) is 0 Å². The van der Waals surface area contributed by atoms with Gasteiger partial charge in [0.05, 0.1) is 12.1 Å². The predicted octanol–water partition coefficient (Wildman–Crippen LogP) is 1.24. The predicted molar refractivity (Wildman–Crippen MR) is 64.9 cm³/mol. The van der Waals surface area contributed by atoms with Crippen molar-refractivity contribution < 1.29 is 5.11 Å². The maximum Gasteiger partial charge on any atom is 0.189 e. The first kappa shape index (κ1) is 14.2. The summed E-state index contributed by atoms with van der Waals surface area (Å²) >= 11 is 0. The minimum Gasteiger partial charge on any atom is -0.394 e. The molecule has 0 saturated carbocycles. The minimum atomic E-state index is -0.428. The Morgan fingerprint density at radius 2 is 1.73 bits per heavy atom. The maximum absolute atomic E-state index is 9.33. The van der Waals surface area contributed by atoms with Crippen LogP contribution in [0.2, 0.25) is 0 Å². The van der Waals surface area contributed by atoms with Gasteiger partial charge in [0, 0.05) is 5.54 Å². The molecule has 0 rings (SSSR count). The van der Waals surface area contributed by atoms with E-state index >= 15 is 0 Å². The molecule has 0 fully saturated rings. The second kappa shape index (κ2) is 5.35. The van der Waals surface area contributed by atoms with Crippen molar-refractivity contribution >= 4 is 5.96 Å². The van der Waals surface area contributed by atoms with Gasteiger partial charge in [-0.1, -0.05) is 13.8 Å². The van der Waals surface area contributed by atoms with Gasteiger partial charge in [0.15, 0.2) is 5.96 Å². The standard InChI is InChI=1S/C11H25N3O/c1-6-11(7-2,8-15)14-9(12)13-10(3,4)5/h15H,6-8H2,1-5H3,(H3,12,13,14). The SMILES string of the molecule is CCC(CC)(CO)N=C(N)NC(C)(C)C. The van der Waals surface area contributed by atoms with Crippen LogP contribution >= 0.6 is 0 Å². The van der Waals surface area contributed by atoms with Gasteiger partial charge in [-0.15, -0.1) is 0 Å². The first-order chi connectivity index (χ1) is 6.78. The maximum atomic E-state index is 9.33. The molecule has 90 valence electrons. The first-order valence-electron chi connectivity index (χ1n) is 5.53. The Morgan fingerprint density at radius 3 is 2.00 bits per heavy atom. The number of aliphatic hydroxyl groups excluding tert-OH is 1. The number of aliphatic hydroxyl groups is 1. The molecule has 4 N–H and O–H groups in total. The average Bonchev–Trinajstić information content (AvgIpc) is 2.11. The van der Waals surface area contributed by atoms with Crippen molar-refractivity contribution in [2.24, 2.45) is 10.7 Å². The van der Waals surface area contributed by atoms with Gasteiger partial charge in [-0.05, 0) is 33.6 Å². The van der Waals surface area contributed by atoms with Crippen LogP contribution in [0.4, 0.5) is 0 Å². The molecule has 4 nitrogen and oxygen atoms in total. The van der Waals surface area contributed by atoms with Crippen molar-refractivity contribution in [2.75, 3.05) is 6.61 Å². The van der Waals surface area contributed by atoms with E-state index in [1.54, 1.807) is 0 Å². The number of hydrogen-bond acceptors (Lipinski definition) is 2. The quantitative estimate of drug-likeness (QED) is 0.488. The highest BCUT2D eigenvalue weighted by Crippen LogP contribution is 2.19. The fourth-order valence-electron chi connectivity index (χ4n) is 1.33. The molecule has 0 aromatic carbocycles. The first-order valence-corrected chi connectivity index (χ1v) is 5.53. The van der Waals surface area contributed by atoms with E-state index in [0.29, 0.717) is 5.96 Å². The van der Waals surface area contributed by atoms with Crippen molar-refractivity contribution in [1.82, 2.24) is 5.32 Å². The Hall–Kier alpha value is -0.770. The zero-order valence-corrected chi connectivity index (χ0v) is 10.6. The number of hydrogen-bond donors (Lipinski definition) is 3. The summed E-state index contributed by atoms with van der Waals surface area (Å²) < 4.78 is 0. The topological polar surface area (TPSA) is 70.6 Å². The third kappa shape index (κ3) is 5.02. The zero-order chi connectivity index (χ0) is 12.1. The second-order valence-corrected chi connectivity index (χ2v) is 4.96. The molecular weight excluding hydrogens is 190 g/mol. The van der Waals surface area contributed by atoms with Crippen LogP contribution in [-0.2, 0) is 0 Å². The van der Waals surface area contributed by atoms with Crippen molar-refractivity contribution in [2.45, 2.75) is 58.5 Å². The fraction of sp³-hybridized carbons (Fsp3) is 0.909. The van der Waals surface area contributed by atoms with Gasteiger partial charge in [-0.3, -0.25) is 0 Å². The summed E-state index contributed by atoms with van der Waals surface area (Å²) in [6.07, 6.45) is 1.57. The van der Waals surface area contributed by atoms with Crippen LogP contribution in [0, 0.1) is 0 Å². The van der Waals surface area contributed by atoms with Crippen LogP contribution in [0.15, 0.2) is 4.99 Å². The monoisotopic (exact) mass is 215 g/mol. The van der Waals surface area contributed by atoms with Crippen LogP contribution in [0.25, 0.3) is 0 Å². The lowest BCUT2D eigenvalue weighted by atomic mass is 9.95. The number of aliphatic imine (C=N–C) groups is 1. The number of nitrogens with two attached hydrogens (primary N) is 1. The minimum absolute atomic E-state index is 0.0342. The van der Waals surface area contributed by atoms with Crippen LogP contribution in [0.5, 0.6) is 0 Å². The molecule has 0 unspecified atom stereocenters. The molecule has 0 radical (unpaired) electrons. The van der Waals surface area contributed by atoms with Crippen molar-refractivity contribution in [3.05, 3.63) is 0 Å². The lowest BCUT2D eigenvalue weighted by Crippen LogP contribution is -2.47. The molecule has 0 spiro atoms. The molecule has 15 heavy (non-hydrogen) atoms. The van der Waals surface area contributed by atoms with Crippen LogP contribution in [0.1, 0.15) is 47.5 Å². The summed E-state index contributed by atoms with van der Waals surface area (Å²) in [5, 5.41) is 12.4. The van der Waals surface area contributed by atoms with Crippen molar-refractivity contribution in [3.63, 3.8) is 0 Å². The zero-order valence-electron chi connectivity index (χ0n) is 10.6. The van der Waals surface area contributed by atoms with E-state index in [2.05, 4.69) is 10.3 Å². The third-order valence-electron chi connectivity index (χ3n) is 2.47.